The van der Waals surface area contributed by atoms with Crippen LogP contribution in [-0.4, -0.2) is 5.97 Å². The third kappa shape index (κ3) is 1.03. The molecule has 1 heterocycles. The molecule has 1 rings (SSSR count). The van der Waals surface area contributed by atoms with Crippen molar-refractivity contribution in [2.45, 2.75) is 13.8 Å². The summed E-state index contributed by atoms with van der Waals surface area (Å²) in [6.07, 6.45) is 0. The Bertz CT molecular complexity index is 260. The van der Waals surface area contributed by atoms with Crippen LogP contribution in [0, 0.1) is 13.8 Å². The highest BCUT2D eigenvalue weighted by Crippen LogP contribution is 2.12. The lowest BCUT2D eigenvalue weighted by atomic mass is 10.2. The fourth-order valence-corrected chi connectivity index (χ4v) is 0.833. The van der Waals surface area contributed by atoms with E-state index in [4.69, 9.17) is 4.42 Å². The zero-order chi connectivity index (χ0) is 7.72. The van der Waals surface area contributed by atoms with Gasteiger partial charge in [0.15, 0.2) is 0 Å². The van der Waals surface area contributed by atoms with Crippen molar-refractivity contribution >= 4 is 5.97 Å². The van der Waals surface area contributed by atoms with E-state index in [0.717, 1.165) is 0 Å². The van der Waals surface area contributed by atoms with Crippen molar-refractivity contribution < 1.29 is 14.3 Å². The van der Waals surface area contributed by atoms with Crippen LogP contribution in [-0.2, 0) is 5.11 Å². The summed E-state index contributed by atoms with van der Waals surface area (Å²) in [6.45, 7) is 3.29. The smallest absolute Gasteiger partial charge is 0.389 e. The number of carbonyl (C=O) groups is 1. The molecular weight excluding hydrogens is 132 g/mol. The lowest BCUT2D eigenvalue weighted by Crippen LogP contribution is -1.92. The van der Waals surface area contributed by atoms with Crippen LogP contribution in [0.15, 0.2) is 10.5 Å². The molecule has 0 aliphatic carbocycles. The van der Waals surface area contributed by atoms with Crippen molar-refractivity contribution in [3.63, 3.8) is 0 Å². The Balaban J connectivity index is 3.15. The first-order valence-electron chi connectivity index (χ1n) is 2.89. The van der Waals surface area contributed by atoms with Crippen molar-refractivity contribution in [3.05, 3.63) is 23.2 Å². The monoisotopic (exact) mass is 139 g/mol. The molecule has 0 aliphatic rings. The van der Waals surface area contributed by atoms with E-state index in [1.54, 1.807) is 13.8 Å². The highest BCUT2D eigenvalue weighted by Gasteiger charge is 2.12. The minimum absolute atomic E-state index is 0.137. The van der Waals surface area contributed by atoms with Crippen LogP contribution >= 0.6 is 0 Å². The van der Waals surface area contributed by atoms with Crippen LogP contribution in [0.5, 0.6) is 0 Å². The van der Waals surface area contributed by atoms with Crippen LogP contribution in [0.4, 0.5) is 0 Å². The summed E-state index contributed by atoms with van der Waals surface area (Å²) >= 11 is 0. The maximum Gasteiger partial charge on any atom is 0.389 e. The highest BCUT2D eigenvalue weighted by atomic mass is 16.4. The Labute approximate surface area is 58.3 Å². The molecule has 0 spiro atoms. The third-order valence-corrected chi connectivity index (χ3v) is 1.26. The molecule has 0 saturated carbocycles. The molecule has 1 aromatic rings. The van der Waals surface area contributed by atoms with Gasteiger partial charge in [0.25, 0.3) is 0 Å². The van der Waals surface area contributed by atoms with E-state index in [0.29, 0.717) is 11.5 Å². The lowest BCUT2D eigenvalue weighted by Gasteiger charge is -1.82. The summed E-state index contributed by atoms with van der Waals surface area (Å²) in [7, 11) is 0. The minimum atomic E-state index is -1.19. The summed E-state index contributed by atoms with van der Waals surface area (Å²) in [6, 6.07) is 1.45. The molecule has 0 atom stereocenters. The van der Waals surface area contributed by atoms with E-state index in [1.165, 1.54) is 6.07 Å². The second-order valence-corrected chi connectivity index (χ2v) is 2.11. The SMILES string of the molecule is Cc1cc(C([O])=O)c(C)o1. The fraction of sp³-hybridized carbons (Fsp3) is 0.286. The molecule has 1 radical (unpaired) electrons. The van der Waals surface area contributed by atoms with Gasteiger partial charge in [-0.15, -0.1) is 0 Å². The van der Waals surface area contributed by atoms with Gasteiger partial charge in [-0.25, -0.2) is 9.90 Å². The molecule has 0 bridgehead atoms. The lowest BCUT2D eigenvalue weighted by molar-refractivity contribution is 0.0571. The molecule has 10 heavy (non-hydrogen) atoms. The quantitative estimate of drug-likeness (QED) is 0.591. The van der Waals surface area contributed by atoms with Crippen molar-refractivity contribution in [2.75, 3.05) is 0 Å². The molecule has 0 amide bonds. The van der Waals surface area contributed by atoms with Gasteiger partial charge in [0.1, 0.15) is 17.1 Å². The average Bonchev–Trinajstić information content (AvgIpc) is 2.10. The number of carbonyl (C=O) groups excluding carboxylic acids is 1. The van der Waals surface area contributed by atoms with Gasteiger partial charge in [0, 0.05) is 0 Å². The van der Waals surface area contributed by atoms with E-state index in [9.17, 15) is 9.90 Å². The maximum absolute atomic E-state index is 10.3. The van der Waals surface area contributed by atoms with Crippen LogP contribution in [0.3, 0.4) is 0 Å². The highest BCUT2D eigenvalue weighted by molar-refractivity contribution is 5.88. The Morgan fingerprint density at radius 3 is 2.30 bits per heavy atom. The second-order valence-electron chi connectivity index (χ2n) is 2.11. The Morgan fingerprint density at radius 1 is 1.50 bits per heavy atom. The molecule has 0 aromatic carbocycles. The molecule has 0 fully saturated rings. The predicted octanol–water partition coefficient (Wildman–Crippen LogP) is 1.47. The van der Waals surface area contributed by atoms with Crippen molar-refractivity contribution in [3.8, 4) is 0 Å². The molecule has 3 nitrogen and oxygen atoms in total. The van der Waals surface area contributed by atoms with Gasteiger partial charge in [-0.2, -0.15) is 0 Å². The topological polar surface area (TPSA) is 50.1 Å². The van der Waals surface area contributed by atoms with Crippen LogP contribution in [0.1, 0.15) is 21.9 Å². The molecule has 0 aliphatic heterocycles. The van der Waals surface area contributed by atoms with Gasteiger partial charge in [0.2, 0.25) is 0 Å². The molecular formula is C7H7O3. The first-order valence-corrected chi connectivity index (χ1v) is 2.89. The number of furan rings is 1. The normalized spacial score (nSPS) is 9.80. The number of aryl methyl sites for hydroxylation is 2. The van der Waals surface area contributed by atoms with E-state index in [1.807, 2.05) is 0 Å². The first kappa shape index (κ1) is 6.86. The first-order chi connectivity index (χ1) is 4.61. The van der Waals surface area contributed by atoms with Gasteiger partial charge < -0.3 is 4.42 Å². The molecule has 53 valence electrons. The number of hydrogen-bond acceptors (Lipinski definition) is 2. The van der Waals surface area contributed by atoms with Gasteiger partial charge in [-0.3, -0.25) is 0 Å². The van der Waals surface area contributed by atoms with Gasteiger partial charge >= 0.3 is 5.97 Å². The standard InChI is InChI=1S/C7H7O3/c1-4-3-6(7(8)9)5(2)10-4/h3H,1-2H3. The average molecular weight is 139 g/mol. The minimum Gasteiger partial charge on any atom is -0.466 e. The summed E-state index contributed by atoms with van der Waals surface area (Å²) in [5.41, 5.74) is 0.137. The predicted molar refractivity (Wildman–Crippen MR) is 33.2 cm³/mol. The van der Waals surface area contributed by atoms with Gasteiger partial charge in [-0.1, -0.05) is 0 Å². The molecule has 0 saturated heterocycles. The summed E-state index contributed by atoms with van der Waals surface area (Å²) in [4.78, 5) is 10.3. The third-order valence-electron chi connectivity index (χ3n) is 1.26. The molecule has 0 unspecified atom stereocenters. The Morgan fingerprint density at radius 2 is 2.10 bits per heavy atom. The summed E-state index contributed by atoms with van der Waals surface area (Å²) in [5.74, 6) is -0.191. The maximum atomic E-state index is 10.3. The van der Waals surface area contributed by atoms with Crippen LogP contribution in [0.2, 0.25) is 0 Å². The summed E-state index contributed by atoms with van der Waals surface area (Å²) in [5, 5.41) is 10.3. The Kier molecular flexibility index (Phi) is 1.49. The van der Waals surface area contributed by atoms with Gasteiger partial charge in [-0.05, 0) is 19.9 Å². The van der Waals surface area contributed by atoms with Crippen molar-refractivity contribution in [2.24, 2.45) is 0 Å². The molecule has 3 heteroatoms. The number of rotatable bonds is 1. The fourth-order valence-electron chi connectivity index (χ4n) is 0.833. The number of hydrogen-bond donors (Lipinski definition) is 0. The Hall–Kier alpha value is -1.25. The summed E-state index contributed by atoms with van der Waals surface area (Å²) < 4.78 is 4.95. The zero-order valence-corrected chi connectivity index (χ0v) is 5.80. The van der Waals surface area contributed by atoms with Crippen LogP contribution < -0.4 is 0 Å². The van der Waals surface area contributed by atoms with Crippen molar-refractivity contribution in [1.29, 1.82) is 0 Å². The van der Waals surface area contributed by atoms with Gasteiger partial charge in [0.05, 0.1) is 0 Å². The van der Waals surface area contributed by atoms with E-state index < -0.39 is 5.97 Å². The van der Waals surface area contributed by atoms with E-state index in [2.05, 4.69) is 0 Å². The van der Waals surface area contributed by atoms with E-state index in [-0.39, 0.29) is 5.56 Å². The molecule has 1 aromatic heterocycles. The van der Waals surface area contributed by atoms with E-state index >= 15 is 0 Å². The zero-order valence-electron chi connectivity index (χ0n) is 5.80. The molecule has 0 N–H and O–H groups in total. The van der Waals surface area contributed by atoms with Crippen LogP contribution in [0.25, 0.3) is 0 Å². The van der Waals surface area contributed by atoms with Crippen molar-refractivity contribution in [1.82, 2.24) is 0 Å². The second kappa shape index (κ2) is 2.17. The largest absolute Gasteiger partial charge is 0.466 e.